The van der Waals surface area contributed by atoms with Gasteiger partial charge < -0.3 is 14.8 Å². The van der Waals surface area contributed by atoms with Crippen molar-refractivity contribution in [3.8, 4) is 0 Å². The van der Waals surface area contributed by atoms with Crippen LogP contribution in [-0.2, 0) is 9.47 Å². The van der Waals surface area contributed by atoms with Crippen LogP contribution in [0.4, 0.5) is 16.2 Å². The lowest BCUT2D eigenvalue weighted by atomic mass is 9.93. The molecule has 1 aromatic carbocycles. The first-order valence-electron chi connectivity index (χ1n) is 7.46. The third-order valence-electron chi connectivity index (χ3n) is 3.76. The number of amides is 1. The minimum absolute atomic E-state index is 0.424. The first-order valence-corrected chi connectivity index (χ1v) is 7.46. The average Bonchev–Trinajstić information content (AvgIpc) is 2.50. The van der Waals surface area contributed by atoms with Crippen molar-refractivity contribution in [2.45, 2.75) is 32.2 Å². The Labute approximate surface area is 126 Å². The summed E-state index contributed by atoms with van der Waals surface area (Å²) >= 11 is 0. The van der Waals surface area contributed by atoms with Gasteiger partial charge in [0.2, 0.25) is 0 Å². The lowest BCUT2D eigenvalue weighted by Gasteiger charge is -2.25. The van der Waals surface area contributed by atoms with Crippen LogP contribution in [0, 0.1) is 5.92 Å². The molecule has 2 N–H and O–H groups in total. The molecular weight excluding hydrogens is 268 g/mol. The Morgan fingerprint density at radius 2 is 1.90 bits per heavy atom. The van der Waals surface area contributed by atoms with Crippen molar-refractivity contribution >= 4 is 17.5 Å². The molecule has 0 radical (unpaired) electrons. The minimum Gasteiger partial charge on any atom is -0.453 e. The van der Waals surface area contributed by atoms with Crippen LogP contribution in [-0.4, -0.2) is 32.5 Å². The topological polar surface area (TPSA) is 59.6 Å². The maximum Gasteiger partial charge on any atom is 0.411 e. The first-order chi connectivity index (χ1) is 10.2. The summed E-state index contributed by atoms with van der Waals surface area (Å²) in [7, 11) is 1.35. The Kier molecular flexibility index (Phi) is 5.87. The minimum atomic E-state index is -0.455. The molecule has 1 aromatic rings. The number of hydrogen-bond acceptors (Lipinski definition) is 4. The van der Waals surface area contributed by atoms with E-state index < -0.39 is 6.09 Å². The number of nitrogens with one attached hydrogen (secondary N) is 2. The third-order valence-corrected chi connectivity index (χ3v) is 3.76. The maximum atomic E-state index is 11.1. The zero-order valence-corrected chi connectivity index (χ0v) is 12.7. The SMILES string of the molecule is COC(=O)Nc1ccc(NC(C)CC2CCOCC2)cc1. The van der Waals surface area contributed by atoms with Gasteiger partial charge in [-0.2, -0.15) is 0 Å². The van der Waals surface area contributed by atoms with Gasteiger partial charge in [0.25, 0.3) is 0 Å². The molecule has 21 heavy (non-hydrogen) atoms. The predicted octanol–water partition coefficient (Wildman–Crippen LogP) is 3.48. The molecule has 1 unspecified atom stereocenters. The molecule has 0 saturated carbocycles. The maximum absolute atomic E-state index is 11.1. The second kappa shape index (κ2) is 7.88. The number of carbonyl (C=O) groups excluding carboxylic acids is 1. The Balaban J connectivity index is 1.80. The van der Waals surface area contributed by atoms with Gasteiger partial charge in [-0.3, -0.25) is 5.32 Å². The zero-order chi connectivity index (χ0) is 15.1. The lowest BCUT2D eigenvalue weighted by molar-refractivity contribution is 0.0629. The van der Waals surface area contributed by atoms with Crippen molar-refractivity contribution in [3.05, 3.63) is 24.3 Å². The van der Waals surface area contributed by atoms with E-state index in [9.17, 15) is 4.79 Å². The van der Waals surface area contributed by atoms with Gasteiger partial charge in [0, 0.05) is 30.6 Å². The Morgan fingerprint density at radius 1 is 1.29 bits per heavy atom. The van der Waals surface area contributed by atoms with Crippen LogP contribution in [0.3, 0.4) is 0 Å². The summed E-state index contributed by atoms with van der Waals surface area (Å²) in [5.41, 5.74) is 1.79. The summed E-state index contributed by atoms with van der Waals surface area (Å²) < 4.78 is 9.95. The number of hydrogen-bond donors (Lipinski definition) is 2. The number of carbonyl (C=O) groups is 1. The van der Waals surface area contributed by atoms with E-state index in [2.05, 4.69) is 22.3 Å². The van der Waals surface area contributed by atoms with Crippen molar-refractivity contribution in [1.82, 2.24) is 0 Å². The molecule has 1 heterocycles. The smallest absolute Gasteiger partial charge is 0.411 e. The molecule has 0 aromatic heterocycles. The monoisotopic (exact) mass is 292 g/mol. The summed E-state index contributed by atoms with van der Waals surface area (Å²) in [5.74, 6) is 0.751. The Morgan fingerprint density at radius 3 is 2.52 bits per heavy atom. The highest BCUT2D eigenvalue weighted by Gasteiger charge is 2.16. The van der Waals surface area contributed by atoms with E-state index in [4.69, 9.17) is 4.74 Å². The van der Waals surface area contributed by atoms with E-state index in [-0.39, 0.29) is 0 Å². The van der Waals surface area contributed by atoms with Crippen molar-refractivity contribution in [3.63, 3.8) is 0 Å². The van der Waals surface area contributed by atoms with Crippen molar-refractivity contribution < 1.29 is 14.3 Å². The molecule has 0 spiro atoms. The molecule has 1 aliphatic heterocycles. The van der Waals surface area contributed by atoms with E-state index in [0.717, 1.165) is 49.8 Å². The molecule has 1 atom stereocenters. The number of benzene rings is 1. The van der Waals surface area contributed by atoms with Crippen molar-refractivity contribution in [2.24, 2.45) is 5.92 Å². The number of anilines is 2. The highest BCUT2D eigenvalue weighted by Crippen LogP contribution is 2.22. The number of ether oxygens (including phenoxy) is 2. The lowest BCUT2D eigenvalue weighted by Crippen LogP contribution is -2.24. The van der Waals surface area contributed by atoms with Crippen LogP contribution in [0.1, 0.15) is 26.2 Å². The summed E-state index contributed by atoms with van der Waals surface area (Å²) in [6, 6.07) is 8.07. The highest BCUT2D eigenvalue weighted by molar-refractivity contribution is 5.84. The molecule has 5 nitrogen and oxygen atoms in total. The van der Waals surface area contributed by atoms with Gasteiger partial charge in [0.1, 0.15) is 0 Å². The van der Waals surface area contributed by atoms with Gasteiger partial charge in [-0.25, -0.2) is 4.79 Å². The van der Waals surface area contributed by atoms with Crippen molar-refractivity contribution in [2.75, 3.05) is 31.0 Å². The molecule has 1 amide bonds. The van der Waals surface area contributed by atoms with Crippen molar-refractivity contribution in [1.29, 1.82) is 0 Å². The number of methoxy groups -OCH3 is 1. The fourth-order valence-corrected chi connectivity index (χ4v) is 2.64. The van der Waals surface area contributed by atoms with Gasteiger partial charge in [0.05, 0.1) is 7.11 Å². The molecule has 2 rings (SSSR count). The largest absolute Gasteiger partial charge is 0.453 e. The van der Waals surface area contributed by atoms with Crippen LogP contribution >= 0.6 is 0 Å². The molecule has 1 fully saturated rings. The standard InChI is InChI=1S/C16H24N2O3/c1-12(11-13-7-9-21-10-8-13)17-14-3-5-15(6-4-14)18-16(19)20-2/h3-6,12-13,17H,7-11H2,1-2H3,(H,18,19). The molecular formula is C16H24N2O3. The summed E-state index contributed by atoms with van der Waals surface area (Å²) in [5, 5.41) is 6.13. The van der Waals surface area contributed by atoms with Gasteiger partial charge in [0.15, 0.2) is 0 Å². The van der Waals surface area contributed by atoms with Gasteiger partial charge >= 0.3 is 6.09 Å². The second-order valence-corrected chi connectivity index (χ2v) is 5.53. The molecule has 5 heteroatoms. The normalized spacial score (nSPS) is 17.0. The van der Waals surface area contributed by atoms with E-state index in [1.807, 2.05) is 24.3 Å². The fraction of sp³-hybridized carbons (Fsp3) is 0.562. The summed E-state index contributed by atoms with van der Waals surface area (Å²) in [4.78, 5) is 11.1. The van der Waals surface area contributed by atoms with Crippen LogP contribution in [0.5, 0.6) is 0 Å². The zero-order valence-electron chi connectivity index (χ0n) is 12.7. The van der Waals surface area contributed by atoms with E-state index in [1.54, 1.807) is 0 Å². The van der Waals surface area contributed by atoms with Crippen LogP contribution in [0.15, 0.2) is 24.3 Å². The summed E-state index contributed by atoms with van der Waals surface area (Å²) in [6.45, 7) is 3.99. The first kappa shape index (κ1) is 15.6. The Hall–Kier alpha value is -1.75. The third kappa shape index (κ3) is 5.27. The van der Waals surface area contributed by atoms with Gasteiger partial charge in [-0.05, 0) is 56.4 Å². The van der Waals surface area contributed by atoms with Gasteiger partial charge in [-0.15, -0.1) is 0 Å². The highest BCUT2D eigenvalue weighted by atomic mass is 16.5. The fourth-order valence-electron chi connectivity index (χ4n) is 2.64. The average molecular weight is 292 g/mol. The van der Waals surface area contributed by atoms with Gasteiger partial charge in [-0.1, -0.05) is 0 Å². The van der Waals surface area contributed by atoms with E-state index in [1.165, 1.54) is 7.11 Å². The summed E-state index contributed by atoms with van der Waals surface area (Å²) in [6.07, 6.45) is 3.02. The van der Waals surface area contributed by atoms with Crippen LogP contribution < -0.4 is 10.6 Å². The molecule has 0 aliphatic carbocycles. The van der Waals surface area contributed by atoms with E-state index in [0.29, 0.717) is 6.04 Å². The van der Waals surface area contributed by atoms with Crippen LogP contribution in [0.25, 0.3) is 0 Å². The van der Waals surface area contributed by atoms with E-state index >= 15 is 0 Å². The number of rotatable bonds is 5. The van der Waals surface area contributed by atoms with Crippen LogP contribution in [0.2, 0.25) is 0 Å². The Bertz CT molecular complexity index is 441. The quantitative estimate of drug-likeness (QED) is 0.872. The molecule has 116 valence electrons. The predicted molar refractivity (Wildman–Crippen MR) is 83.7 cm³/mol. The second-order valence-electron chi connectivity index (χ2n) is 5.53. The molecule has 0 bridgehead atoms. The molecule has 1 aliphatic rings. The molecule has 1 saturated heterocycles.